The predicted octanol–water partition coefficient (Wildman–Crippen LogP) is 4.10. The van der Waals surface area contributed by atoms with E-state index in [1.54, 1.807) is 12.1 Å². The van der Waals surface area contributed by atoms with E-state index >= 15 is 0 Å². The summed E-state index contributed by atoms with van der Waals surface area (Å²) in [6, 6.07) is 4.57. The molecule has 0 aliphatic rings. The molecule has 100 valence electrons. The maximum Gasteiger partial charge on any atom is 0.165 e. The first-order valence-electron chi connectivity index (χ1n) is 6.10. The van der Waals surface area contributed by atoms with Gasteiger partial charge in [-0.2, -0.15) is 0 Å². The molecular weight excluding hydrogens is 231 g/mol. The van der Waals surface area contributed by atoms with Crippen molar-refractivity contribution in [2.24, 2.45) is 5.92 Å². The van der Waals surface area contributed by atoms with Gasteiger partial charge in [0.05, 0.1) is 7.11 Å². The summed E-state index contributed by atoms with van der Waals surface area (Å²) in [4.78, 5) is 11.3. The van der Waals surface area contributed by atoms with Gasteiger partial charge >= 0.3 is 0 Å². The average molecular weight is 252 g/mol. The van der Waals surface area contributed by atoms with Crippen LogP contribution in [0.4, 0.5) is 4.39 Å². The Bertz CT molecular complexity index is 409. The largest absolute Gasteiger partial charge is 0.494 e. The Morgan fingerprint density at radius 2 is 1.94 bits per heavy atom. The number of rotatable bonds is 4. The number of hydrogen-bond acceptors (Lipinski definition) is 2. The molecule has 0 saturated carbocycles. The molecule has 0 atom stereocenters. The van der Waals surface area contributed by atoms with Crippen LogP contribution in [0.3, 0.4) is 0 Å². The van der Waals surface area contributed by atoms with Gasteiger partial charge in [0.25, 0.3) is 0 Å². The molecule has 0 fully saturated rings. The number of allylic oxidation sites excluding steroid dienone is 1. The fraction of sp³-hybridized carbons (Fsp3) is 0.400. The van der Waals surface area contributed by atoms with E-state index in [2.05, 4.69) is 0 Å². The van der Waals surface area contributed by atoms with Crippen molar-refractivity contribution in [3.63, 3.8) is 0 Å². The zero-order chi connectivity index (χ0) is 14.1. The van der Waals surface area contributed by atoms with Gasteiger partial charge in [0.15, 0.2) is 17.3 Å². The van der Waals surface area contributed by atoms with Crippen LogP contribution in [0.25, 0.3) is 6.08 Å². The van der Waals surface area contributed by atoms with Gasteiger partial charge in [-0.3, -0.25) is 4.79 Å². The first-order chi connectivity index (χ1) is 8.54. The molecule has 1 aromatic rings. The molecule has 0 unspecified atom stereocenters. The zero-order valence-corrected chi connectivity index (χ0v) is 11.7. The topological polar surface area (TPSA) is 26.3 Å². The minimum absolute atomic E-state index is 0.0243. The molecule has 3 heteroatoms. The number of hydrogen-bond donors (Lipinski definition) is 0. The molecule has 0 heterocycles. The number of ether oxygens (including phenoxy) is 1. The van der Waals surface area contributed by atoms with Crippen LogP contribution >= 0.6 is 0 Å². The number of carbonyl (C=O) groups is 1. The molecule has 0 saturated heterocycles. The molecule has 0 aliphatic heterocycles. The maximum absolute atomic E-state index is 13.3. The Morgan fingerprint density at radius 1 is 1.33 bits per heavy atom. The fourth-order valence-electron chi connectivity index (χ4n) is 1.16. The van der Waals surface area contributed by atoms with Gasteiger partial charge in [-0.25, -0.2) is 4.39 Å². The standard InChI is InChI=1S/C13H15FO2.C2H6/c1-9(2)12(15)6-4-10-5-7-13(16-3)11(14)8-10;1-2/h4-9H,1-3H3;1-2H3/b6-4+;. The Hall–Kier alpha value is -1.64. The minimum Gasteiger partial charge on any atom is -0.494 e. The van der Waals surface area contributed by atoms with Crippen molar-refractivity contribution in [1.82, 2.24) is 0 Å². The second kappa shape index (κ2) is 8.45. The third kappa shape index (κ3) is 5.13. The second-order valence-corrected chi connectivity index (χ2v) is 3.78. The smallest absolute Gasteiger partial charge is 0.165 e. The van der Waals surface area contributed by atoms with E-state index in [0.717, 1.165) is 0 Å². The van der Waals surface area contributed by atoms with Gasteiger partial charge in [0, 0.05) is 5.92 Å². The summed E-state index contributed by atoms with van der Waals surface area (Å²) in [6.45, 7) is 7.64. The first kappa shape index (κ1) is 16.4. The van der Waals surface area contributed by atoms with E-state index in [0.29, 0.717) is 5.56 Å². The third-order valence-corrected chi connectivity index (χ3v) is 2.18. The van der Waals surface area contributed by atoms with E-state index in [-0.39, 0.29) is 17.5 Å². The minimum atomic E-state index is -0.429. The summed E-state index contributed by atoms with van der Waals surface area (Å²) in [5, 5.41) is 0. The highest BCUT2D eigenvalue weighted by Gasteiger charge is 2.03. The molecule has 0 aliphatic carbocycles. The Labute approximate surface area is 108 Å². The van der Waals surface area contributed by atoms with Gasteiger partial charge in [0.2, 0.25) is 0 Å². The van der Waals surface area contributed by atoms with Crippen LogP contribution in [-0.2, 0) is 4.79 Å². The molecular formula is C15H21FO2. The van der Waals surface area contributed by atoms with E-state index in [1.165, 1.54) is 25.3 Å². The monoisotopic (exact) mass is 252 g/mol. The third-order valence-electron chi connectivity index (χ3n) is 2.18. The van der Waals surface area contributed by atoms with Crippen molar-refractivity contribution in [2.75, 3.05) is 7.11 Å². The summed E-state index contributed by atoms with van der Waals surface area (Å²) in [7, 11) is 1.41. The van der Waals surface area contributed by atoms with Gasteiger partial charge < -0.3 is 4.74 Å². The van der Waals surface area contributed by atoms with Crippen molar-refractivity contribution in [3.05, 3.63) is 35.7 Å². The van der Waals surface area contributed by atoms with Crippen LogP contribution in [0.2, 0.25) is 0 Å². The van der Waals surface area contributed by atoms with Crippen LogP contribution in [-0.4, -0.2) is 12.9 Å². The molecule has 0 N–H and O–H groups in total. The molecule has 0 aromatic heterocycles. The van der Waals surface area contributed by atoms with Gasteiger partial charge in [-0.15, -0.1) is 0 Å². The molecule has 0 bridgehead atoms. The lowest BCUT2D eigenvalue weighted by Gasteiger charge is -2.02. The van der Waals surface area contributed by atoms with Crippen LogP contribution in [0.15, 0.2) is 24.3 Å². The van der Waals surface area contributed by atoms with Crippen molar-refractivity contribution in [3.8, 4) is 5.75 Å². The highest BCUT2D eigenvalue weighted by Crippen LogP contribution is 2.18. The van der Waals surface area contributed by atoms with Gasteiger partial charge in [-0.05, 0) is 23.8 Å². The summed E-state index contributed by atoms with van der Waals surface area (Å²) in [6.07, 6.45) is 3.07. The fourth-order valence-corrected chi connectivity index (χ4v) is 1.16. The van der Waals surface area contributed by atoms with E-state index in [9.17, 15) is 9.18 Å². The SMILES string of the molecule is CC.COc1ccc(/C=C/C(=O)C(C)C)cc1F. The highest BCUT2D eigenvalue weighted by atomic mass is 19.1. The maximum atomic E-state index is 13.3. The predicted molar refractivity (Wildman–Crippen MR) is 73.2 cm³/mol. The van der Waals surface area contributed by atoms with Crippen LogP contribution in [0, 0.1) is 11.7 Å². The molecule has 2 nitrogen and oxygen atoms in total. The van der Waals surface area contributed by atoms with E-state index < -0.39 is 5.82 Å². The van der Waals surface area contributed by atoms with Gasteiger partial charge in [0.1, 0.15) is 0 Å². The first-order valence-corrected chi connectivity index (χ1v) is 6.10. The van der Waals surface area contributed by atoms with Gasteiger partial charge in [-0.1, -0.05) is 39.8 Å². The normalized spacial score (nSPS) is 10.2. The lowest BCUT2D eigenvalue weighted by atomic mass is 10.1. The Morgan fingerprint density at radius 3 is 2.39 bits per heavy atom. The molecule has 0 amide bonds. The summed E-state index contributed by atoms with van der Waals surface area (Å²) in [5.41, 5.74) is 0.646. The molecule has 0 radical (unpaired) electrons. The molecule has 1 aromatic carbocycles. The van der Waals surface area contributed by atoms with Crippen LogP contribution < -0.4 is 4.74 Å². The quantitative estimate of drug-likeness (QED) is 0.754. The van der Waals surface area contributed by atoms with Crippen molar-refractivity contribution < 1.29 is 13.9 Å². The number of halogens is 1. The Kier molecular flexibility index (Phi) is 7.68. The lowest BCUT2D eigenvalue weighted by Crippen LogP contribution is -2.01. The van der Waals surface area contributed by atoms with Crippen molar-refractivity contribution in [2.45, 2.75) is 27.7 Å². The van der Waals surface area contributed by atoms with Crippen molar-refractivity contribution >= 4 is 11.9 Å². The second-order valence-electron chi connectivity index (χ2n) is 3.78. The van der Waals surface area contributed by atoms with Crippen molar-refractivity contribution in [1.29, 1.82) is 0 Å². The number of carbonyl (C=O) groups excluding carboxylic acids is 1. The van der Waals surface area contributed by atoms with Crippen LogP contribution in [0.5, 0.6) is 5.75 Å². The zero-order valence-electron chi connectivity index (χ0n) is 11.7. The average Bonchev–Trinajstić information content (AvgIpc) is 2.38. The van der Waals surface area contributed by atoms with Crippen LogP contribution in [0.1, 0.15) is 33.3 Å². The summed E-state index contributed by atoms with van der Waals surface area (Å²) in [5.74, 6) is -0.246. The molecule has 18 heavy (non-hydrogen) atoms. The summed E-state index contributed by atoms with van der Waals surface area (Å²) < 4.78 is 18.1. The highest BCUT2D eigenvalue weighted by molar-refractivity contribution is 5.94. The molecule has 1 rings (SSSR count). The number of methoxy groups -OCH3 is 1. The number of ketones is 1. The Balaban J connectivity index is 0.00000137. The summed E-state index contributed by atoms with van der Waals surface area (Å²) >= 11 is 0. The molecule has 0 spiro atoms. The lowest BCUT2D eigenvalue weighted by molar-refractivity contribution is -0.117. The van der Waals surface area contributed by atoms with E-state index in [1.807, 2.05) is 27.7 Å². The van der Waals surface area contributed by atoms with E-state index in [4.69, 9.17) is 4.74 Å². The number of benzene rings is 1.